The lowest BCUT2D eigenvalue weighted by Crippen LogP contribution is -2.43. The zero-order valence-corrected chi connectivity index (χ0v) is 24.5. The molecule has 44 heavy (non-hydrogen) atoms. The number of para-hydroxylation sites is 1. The second kappa shape index (κ2) is 13.5. The van der Waals surface area contributed by atoms with Crippen molar-refractivity contribution in [2.75, 3.05) is 25.1 Å². The van der Waals surface area contributed by atoms with Gasteiger partial charge in [-0.05, 0) is 44.7 Å². The normalized spacial score (nSPS) is 31.2. The molecule has 1 saturated heterocycles. The molecule has 6 bridgehead atoms. The molecule has 238 valence electrons. The van der Waals surface area contributed by atoms with Gasteiger partial charge in [0.25, 0.3) is 5.85 Å². The Morgan fingerprint density at radius 3 is 2.57 bits per heavy atom. The summed E-state index contributed by atoms with van der Waals surface area (Å²) in [4.78, 5) is 37.1. The number of cyclic esters (lactones) is 2. The lowest BCUT2D eigenvalue weighted by atomic mass is 10.1. The van der Waals surface area contributed by atoms with Crippen molar-refractivity contribution in [3.63, 3.8) is 0 Å². The molecule has 1 amide bonds. The van der Waals surface area contributed by atoms with E-state index in [0.29, 0.717) is 25.7 Å². The summed E-state index contributed by atoms with van der Waals surface area (Å²) >= 11 is 0. The van der Waals surface area contributed by atoms with Gasteiger partial charge >= 0.3 is 19.8 Å². The van der Waals surface area contributed by atoms with Crippen LogP contribution in [0.3, 0.4) is 0 Å². The Kier molecular flexibility index (Phi) is 9.72. The number of alkyl halides is 1. The first-order valence-corrected chi connectivity index (χ1v) is 15.4. The minimum absolute atomic E-state index is 0.0278. The van der Waals surface area contributed by atoms with Crippen LogP contribution < -0.4 is 14.9 Å². The van der Waals surface area contributed by atoms with E-state index in [1.807, 2.05) is 0 Å². The van der Waals surface area contributed by atoms with Crippen LogP contribution in [0.4, 0.5) is 15.0 Å². The quantitative estimate of drug-likeness (QED) is 0.235. The van der Waals surface area contributed by atoms with Crippen molar-refractivity contribution in [1.82, 2.24) is 24.6 Å². The highest BCUT2D eigenvalue weighted by molar-refractivity contribution is 7.52. The van der Waals surface area contributed by atoms with E-state index in [2.05, 4.69) is 25.4 Å². The van der Waals surface area contributed by atoms with Crippen molar-refractivity contribution in [2.45, 2.75) is 62.9 Å². The van der Waals surface area contributed by atoms with Gasteiger partial charge in [0.2, 0.25) is 0 Å². The number of amides is 1. The highest BCUT2D eigenvalue weighted by atomic mass is 31.2. The van der Waals surface area contributed by atoms with E-state index in [1.54, 1.807) is 18.2 Å². The highest BCUT2D eigenvalue weighted by Gasteiger charge is 2.58. The molecule has 5 rings (SSSR count). The maximum absolute atomic E-state index is 15.6. The summed E-state index contributed by atoms with van der Waals surface area (Å²) in [6.07, 6.45) is -1.87. The van der Waals surface area contributed by atoms with E-state index in [0.717, 1.165) is 17.2 Å². The number of esters is 1. The van der Waals surface area contributed by atoms with Crippen molar-refractivity contribution < 1.29 is 52.0 Å². The minimum atomic E-state index is -4.39. The number of aliphatic hydroxyl groups is 2. The van der Waals surface area contributed by atoms with Crippen molar-refractivity contribution in [3.8, 4) is 5.75 Å². The molecule has 0 saturated carbocycles. The van der Waals surface area contributed by atoms with Crippen LogP contribution in [0, 0.1) is 0 Å². The second-order valence-corrected chi connectivity index (χ2v) is 11.8. The van der Waals surface area contributed by atoms with Crippen molar-refractivity contribution in [1.29, 1.82) is 0 Å². The number of imidazole rings is 1. The number of nitrogens with one attached hydrogen (secondary N) is 2. The molecule has 1 unspecified atom stereocenters. The number of aromatic nitrogens is 4. The number of anilines is 1. The van der Waals surface area contributed by atoms with Crippen LogP contribution in [0.2, 0.25) is 0 Å². The molecular weight excluding hydrogens is 606 g/mol. The van der Waals surface area contributed by atoms with Crippen LogP contribution in [0.1, 0.15) is 38.8 Å². The van der Waals surface area contributed by atoms with Gasteiger partial charge in [-0.25, -0.2) is 28.7 Å². The maximum atomic E-state index is 15.6. The number of rotatable bonds is 2. The van der Waals surface area contributed by atoms with Gasteiger partial charge in [-0.1, -0.05) is 18.2 Å². The number of benzene rings is 1. The Hall–Kier alpha value is -3.73. The lowest BCUT2D eigenvalue weighted by molar-refractivity contribution is -0.195. The number of ether oxygens (including phenoxy) is 3. The zero-order valence-electron chi connectivity index (χ0n) is 23.6. The third kappa shape index (κ3) is 7.14. The number of nitrogens with zero attached hydrogens (tertiary/aromatic N) is 4. The number of hydrogen-bond donors (Lipinski definition) is 4. The summed E-state index contributed by atoms with van der Waals surface area (Å²) < 4.78 is 57.7. The van der Waals surface area contributed by atoms with Crippen LogP contribution in [-0.2, 0) is 28.1 Å². The first-order chi connectivity index (χ1) is 21.1. The van der Waals surface area contributed by atoms with Crippen molar-refractivity contribution in [3.05, 3.63) is 43.0 Å². The van der Waals surface area contributed by atoms with Crippen LogP contribution >= 0.6 is 7.75 Å². The standard InChI is InChI=1S/C26H32FN6O10P/c1-16-23(35)39-11-7-2-3-8-12-40-25(36)31-21-19-22(29-14-28-21)33(15-30-19)24-26(27,37)20(34)18(42-24)13-41-44(38,32-16)43-17-9-5-4-6-10-17/h4-6,9-10,14-16,18,20,24,34,37H,2-3,7-8,11-13H2,1H3,(H,32,38)(H,28,29,31,36)/t16-,18-,20-,24-,26-,44?/m1/s1. The summed E-state index contributed by atoms with van der Waals surface area (Å²) in [5, 5.41) is 26.3. The van der Waals surface area contributed by atoms with Crippen LogP contribution in [0.5, 0.6) is 5.75 Å². The zero-order chi connectivity index (χ0) is 31.3. The van der Waals surface area contributed by atoms with E-state index < -0.39 is 56.7 Å². The molecule has 4 heterocycles. The summed E-state index contributed by atoms with van der Waals surface area (Å²) in [7, 11) is -4.39. The SMILES string of the molecule is C[C@H]1NP(=O)(Oc2ccccc2)OC[C@H]2O[C@@H](n3cnc4c(ncnc43)NC(=O)OCCCCCCOC1=O)[C@@](O)(F)[C@@H]2O. The summed E-state index contributed by atoms with van der Waals surface area (Å²) in [5.41, 5.74) is -0.0179. The van der Waals surface area contributed by atoms with E-state index in [9.17, 15) is 24.4 Å². The molecule has 2 aromatic heterocycles. The predicted molar refractivity (Wildman–Crippen MR) is 149 cm³/mol. The molecule has 3 aromatic rings. The van der Waals surface area contributed by atoms with Gasteiger partial charge in [-0.15, -0.1) is 0 Å². The highest BCUT2D eigenvalue weighted by Crippen LogP contribution is 2.47. The molecule has 1 fully saturated rings. The molecule has 0 aliphatic carbocycles. The summed E-state index contributed by atoms with van der Waals surface area (Å²) in [6.45, 7) is 0.846. The number of fused-ring (bicyclic) bond motifs is 3. The number of halogens is 1. The van der Waals surface area contributed by atoms with Crippen LogP contribution in [0.25, 0.3) is 11.2 Å². The van der Waals surface area contributed by atoms with Gasteiger partial charge in [0.05, 0.1) is 26.1 Å². The molecule has 6 atom stereocenters. The summed E-state index contributed by atoms with van der Waals surface area (Å²) in [6, 6.07) is 6.79. The Morgan fingerprint density at radius 2 is 1.82 bits per heavy atom. The Bertz CT molecular complexity index is 1510. The monoisotopic (exact) mass is 638 g/mol. The molecule has 2 aliphatic rings. The van der Waals surface area contributed by atoms with Gasteiger partial charge in [0, 0.05) is 0 Å². The first-order valence-electron chi connectivity index (χ1n) is 13.9. The van der Waals surface area contributed by atoms with E-state index in [-0.39, 0.29) is 35.9 Å². The van der Waals surface area contributed by atoms with Gasteiger partial charge in [0.15, 0.2) is 23.2 Å². The molecule has 0 radical (unpaired) electrons. The predicted octanol–water partition coefficient (Wildman–Crippen LogP) is 2.59. The van der Waals surface area contributed by atoms with Crippen molar-refractivity contribution >= 4 is 36.8 Å². The fourth-order valence-electron chi connectivity index (χ4n) is 4.57. The Labute approximate surface area is 250 Å². The molecule has 0 spiro atoms. The van der Waals surface area contributed by atoms with Gasteiger partial charge in [0.1, 0.15) is 30.3 Å². The topological polar surface area (TPSA) is 205 Å². The van der Waals surface area contributed by atoms with E-state index in [1.165, 1.54) is 19.1 Å². The van der Waals surface area contributed by atoms with Crippen LogP contribution in [-0.4, -0.2) is 85.7 Å². The Morgan fingerprint density at radius 1 is 1.09 bits per heavy atom. The third-order valence-electron chi connectivity index (χ3n) is 6.85. The van der Waals surface area contributed by atoms with Gasteiger partial charge < -0.3 is 28.9 Å². The molecule has 1 aromatic carbocycles. The third-order valence-corrected chi connectivity index (χ3v) is 8.49. The van der Waals surface area contributed by atoms with E-state index >= 15 is 4.39 Å². The van der Waals surface area contributed by atoms with Gasteiger partial charge in [-0.3, -0.25) is 19.2 Å². The first kappa shape index (κ1) is 31.7. The van der Waals surface area contributed by atoms with Crippen LogP contribution in [0.15, 0.2) is 43.0 Å². The largest absolute Gasteiger partial charge is 0.465 e. The number of carbonyl (C=O) groups is 2. The fraction of sp³-hybridized carbons (Fsp3) is 0.500. The smallest absolute Gasteiger partial charge is 0.459 e. The molecular formula is C26H32FN6O10P. The summed E-state index contributed by atoms with van der Waals surface area (Å²) in [5.74, 6) is -4.04. The number of aliphatic hydroxyl groups excluding tert-OH is 1. The lowest BCUT2D eigenvalue weighted by Gasteiger charge is -2.24. The average molecular weight is 639 g/mol. The van der Waals surface area contributed by atoms with Gasteiger partial charge in [-0.2, -0.15) is 5.09 Å². The fourth-order valence-corrected chi connectivity index (χ4v) is 6.08. The van der Waals surface area contributed by atoms with Crippen molar-refractivity contribution in [2.24, 2.45) is 0 Å². The minimum Gasteiger partial charge on any atom is -0.465 e. The number of hydrogen-bond acceptors (Lipinski definition) is 13. The molecule has 2 aliphatic heterocycles. The molecule has 18 heteroatoms. The second-order valence-electron chi connectivity index (χ2n) is 10.1. The molecule has 4 N–H and O–H groups in total. The van der Waals surface area contributed by atoms with E-state index in [4.69, 9.17) is 23.3 Å². The average Bonchev–Trinajstić information content (AvgIpc) is 3.51. The Balaban J connectivity index is 1.42. The number of carbonyl (C=O) groups excluding carboxylic acids is 2. The molecule has 16 nitrogen and oxygen atoms in total. The maximum Gasteiger partial charge on any atom is 0.459 e.